The number of halogens is 3. The molecule has 0 aliphatic heterocycles. The third-order valence-electron chi connectivity index (χ3n) is 2.88. The lowest BCUT2D eigenvalue weighted by molar-refractivity contribution is 0.508. The summed E-state index contributed by atoms with van der Waals surface area (Å²) in [6, 6.07) is 8.20. The first-order valence-electron chi connectivity index (χ1n) is 5.69. The van der Waals surface area contributed by atoms with E-state index in [1.807, 2.05) is 0 Å². The summed E-state index contributed by atoms with van der Waals surface area (Å²) in [6.07, 6.45) is 0. The highest BCUT2D eigenvalue weighted by atomic mass is 32.1. The first kappa shape index (κ1) is 14.3. The summed E-state index contributed by atoms with van der Waals surface area (Å²) in [7, 11) is 1.51. The first-order chi connectivity index (χ1) is 9.41. The number of nitrogens with zero attached hydrogens (tertiary/aromatic N) is 1. The fourth-order valence-corrected chi connectivity index (χ4v) is 1.97. The Morgan fingerprint density at radius 3 is 2.40 bits per heavy atom. The normalized spacial score (nSPS) is 10.4. The molecule has 0 saturated carbocycles. The monoisotopic (exact) mass is 296 g/mol. The number of hydrogen-bond acceptors (Lipinski definition) is 2. The number of nitrogens with two attached hydrogens (primary N) is 1. The lowest BCUT2D eigenvalue weighted by Crippen LogP contribution is -2.16. The van der Waals surface area contributed by atoms with Crippen molar-refractivity contribution >= 4 is 28.6 Å². The predicted octanol–water partition coefficient (Wildman–Crippen LogP) is 3.51. The van der Waals surface area contributed by atoms with Crippen LogP contribution in [-0.4, -0.2) is 12.0 Å². The molecule has 0 atom stereocenters. The van der Waals surface area contributed by atoms with Crippen molar-refractivity contribution in [3.8, 4) is 0 Å². The molecular weight excluding hydrogens is 285 g/mol. The molecule has 6 heteroatoms. The maximum atomic E-state index is 14.0. The molecule has 2 rings (SSSR count). The number of hydrogen-bond donors (Lipinski definition) is 1. The van der Waals surface area contributed by atoms with Crippen LogP contribution in [0.4, 0.5) is 24.5 Å². The van der Waals surface area contributed by atoms with E-state index in [0.29, 0.717) is 5.69 Å². The maximum Gasteiger partial charge on any atom is 0.183 e. The Morgan fingerprint density at radius 2 is 1.80 bits per heavy atom. The molecule has 0 fully saturated rings. The van der Waals surface area contributed by atoms with Gasteiger partial charge in [-0.3, -0.25) is 0 Å². The van der Waals surface area contributed by atoms with Crippen LogP contribution in [0, 0.1) is 17.5 Å². The predicted molar refractivity (Wildman–Crippen MR) is 76.7 cm³/mol. The largest absolute Gasteiger partial charge is 0.389 e. The van der Waals surface area contributed by atoms with Gasteiger partial charge in [0.25, 0.3) is 0 Å². The standard InChI is InChI=1S/C14H11F3N2S/c1-19(9-4-2-3-8(15)7-9)11-6-5-10(14(18)20)12(16)13(11)17/h2-7H,1H3,(H2,18,20). The summed E-state index contributed by atoms with van der Waals surface area (Å²) in [5.74, 6) is -2.66. The van der Waals surface area contributed by atoms with Crippen molar-refractivity contribution in [3.05, 3.63) is 59.4 Å². The van der Waals surface area contributed by atoms with Crippen LogP contribution >= 0.6 is 12.2 Å². The van der Waals surface area contributed by atoms with Crippen molar-refractivity contribution in [1.29, 1.82) is 0 Å². The Morgan fingerprint density at radius 1 is 1.10 bits per heavy atom. The lowest BCUT2D eigenvalue weighted by atomic mass is 10.1. The second-order valence-electron chi connectivity index (χ2n) is 4.16. The first-order valence-corrected chi connectivity index (χ1v) is 6.09. The minimum Gasteiger partial charge on any atom is -0.389 e. The highest BCUT2D eigenvalue weighted by molar-refractivity contribution is 7.80. The van der Waals surface area contributed by atoms with Gasteiger partial charge in [-0.15, -0.1) is 0 Å². The maximum absolute atomic E-state index is 14.0. The summed E-state index contributed by atoms with van der Waals surface area (Å²) in [6.45, 7) is 0. The van der Waals surface area contributed by atoms with Crippen molar-refractivity contribution in [2.75, 3.05) is 11.9 Å². The van der Waals surface area contributed by atoms with Gasteiger partial charge in [0.2, 0.25) is 0 Å². The molecular formula is C14H11F3N2S. The highest BCUT2D eigenvalue weighted by Crippen LogP contribution is 2.29. The van der Waals surface area contributed by atoms with Gasteiger partial charge < -0.3 is 10.6 Å². The van der Waals surface area contributed by atoms with Crippen LogP contribution in [0.5, 0.6) is 0 Å². The van der Waals surface area contributed by atoms with Gasteiger partial charge in [-0.1, -0.05) is 18.3 Å². The van der Waals surface area contributed by atoms with E-state index in [2.05, 4.69) is 12.2 Å². The topological polar surface area (TPSA) is 29.3 Å². The molecule has 2 N–H and O–H groups in total. The Kier molecular flexibility index (Phi) is 3.94. The smallest absolute Gasteiger partial charge is 0.183 e. The molecule has 0 aromatic heterocycles. The Labute approximate surface area is 119 Å². The van der Waals surface area contributed by atoms with E-state index in [0.717, 1.165) is 0 Å². The Bertz CT molecular complexity index is 673. The van der Waals surface area contributed by atoms with Crippen LogP contribution in [0.25, 0.3) is 0 Å². The minimum absolute atomic E-state index is 0.0342. The number of benzene rings is 2. The van der Waals surface area contributed by atoms with Crippen molar-refractivity contribution in [2.24, 2.45) is 5.73 Å². The molecule has 0 amide bonds. The van der Waals surface area contributed by atoms with Gasteiger partial charge in [0.15, 0.2) is 11.6 Å². The van der Waals surface area contributed by atoms with Crippen LogP contribution in [0.1, 0.15) is 5.56 Å². The van der Waals surface area contributed by atoms with E-state index >= 15 is 0 Å². The average molecular weight is 296 g/mol. The van der Waals surface area contributed by atoms with Gasteiger partial charge in [-0.05, 0) is 30.3 Å². The quantitative estimate of drug-likeness (QED) is 0.879. The zero-order valence-electron chi connectivity index (χ0n) is 10.5. The lowest BCUT2D eigenvalue weighted by Gasteiger charge is -2.21. The van der Waals surface area contributed by atoms with E-state index in [9.17, 15) is 13.2 Å². The van der Waals surface area contributed by atoms with Gasteiger partial charge in [0, 0.05) is 18.3 Å². The molecule has 0 aliphatic carbocycles. The van der Waals surface area contributed by atoms with Crippen LogP contribution in [-0.2, 0) is 0 Å². The molecule has 104 valence electrons. The summed E-state index contributed by atoms with van der Waals surface area (Å²) < 4.78 is 41.0. The van der Waals surface area contributed by atoms with Gasteiger partial charge in [0.1, 0.15) is 10.8 Å². The molecule has 0 spiro atoms. The van der Waals surface area contributed by atoms with E-state index in [4.69, 9.17) is 5.73 Å². The summed E-state index contributed by atoms with van der Waals surface area (Å²) in [4.78, 5) is 1.12. The molecule has 0 bridgehead atoms. The molecule has 0 saturated heterocycles. The number of rotatable bonds is 3. The zero-order valence-corrected chi connectivity index (χ0v) is 11.3. The van der Waals surface area contributed by atoms with Crippen LogP contribution in [0.3, 0.4) is 0 Å². The molecule has 0 radical (unpaired) electrons. The Hall–Kier alpha value is -2.08. The van der Waals surface area contributed by atoms with E-state index < -0.39 is 17.5 Å². The van der Waals surface area contributed by atoms with Crippen LogP contribution < -0.4 is 10.6 Å². The fourth-order valence-electron chi connectivity index (χ4n) is 1.81. The summed E-state index contributed by atoms with van der Waals surface area (Å²) in [5.41, 5.74) is 5.50. The van der Waals surface area contributed by atoms with E-state index in [-0.39, 0.29) is 16.2 Å². The van der Waals surface area contributed by atoms with E-state index in [1.165, 1.54) is 42.3 Å². The van der Waals surface area contributed by atoms with Crippen molar-refractivity contribution < 1.29 is 13.2 Å². The fraction of sp³-hybridized carbons (Fsp3) is 0.0714. The second kappa shape index (κ2) is 5.50. The third-order valence-corrected chi connectivity index (χ3v) is 3.10. The van der Waals surface area contributed by atoms with Crippen molar-refractivity contribution in [1.82, 2.24) is 0 Å². The summed E-state index contributed by atoms with van der Waals surface area (Å²) in [5, 5.41) is 0. The molecule has 0 unspecified atom stereocenters. The van der Waals surface area contributed by atoms with Crippen LogP contribution in [0.15, 0.2) is 36.4 Å². The molecule has 2 nitrogen and oxygen atoms in total. The third kappa shape index (κ3) is 2.60. The van der Waals surface area contributed by atoms with Gasteiger partial charge >= 0.3 is 0 Å². The molecule has 0 aliphatic rings. The van der Waals surface area contributed by atoms with Gasteiger partial charge in [0.05, 0.1) is 5.69 Å². The van der Waals surface area contributed by atoms with Crippen molar-refractivity contribution in [3.63, 3.8) is 0 Å². The Balaban J connectivity index is 2.48. The van der Waals surface area contributed by atoms with Gasteiger partial charge in [-0.25, -0.2) is 13.2 Å². The SMILES string of the molecule is CN(c1cccc(F)c1)c1ccc(C(N)=S)c(F)c1F. The minimum atomic E-state index is -1.11. The molecule has 2 aromatic rings. The molecule has 20 heavy (non-hydrogen) atoms. The zero-order chi connectivity index (χ0) is 14.9. The number of anilines is 2. The molecule has 0 heterocycles. The highest BCUT2D eigenvalue weighted by Gasteiger charge is 2.18. The van der Waals surface area contributed by atoms with Gasteiger partial charge in [-0.2, -0.15) is 0 Å². The number of thiocarbonyl (C=S) groups is 1. The van der Waals surface area contributed by atoms with Crippen LogP contribution in [0.2, 0.25) is 0 Å². The molecule has 2 aromatic carbocycles. The summed E-state index contributed by atoms with van der Waals surface area (Å²) >= 11 is 4.64. The van der Waals surface area contributed by atoms with Crippen molar-refractivity contribution in [2.45, 2.75) is 0 Å². The van der Waals surface area contributed by atoms with E-state index in [1.54, 1.807) is 6.07 Å². The average Bonchev–Trinajstić information content (AvgIpc) is 2.40. The second-order valence-corrected chi connectivity index (χ2v) is 4.60.